The fraction of sp³-hybridized carbons (Fsp3) is 0.357. The first-order valence-corrected chi connectivity index (χ1v) is 7.27. The molecule has 100 valence electrons. The summed E-state index contributed by atoms with van der Waals surface area (Å²) in [4.78, 5) is 12.1. The first-order valence-electron chi connectivity index (χ1n) is 6.12. The summed E-state index contributed by atoms with van der Waals surface area (Å²) in [5.41, 5.74) is 1.45. The Balaban J connectivity index is 1.94. The quantitative estimate of drug-likeness (QED) is 0.633. The normalized spacial score (nSPS) is 12.6. The Kier molecular flexibility index (Phi) is 4.99. The summed E-state index contributed by atoms with van der Waals surface area (Å²) in [5.74, 6) is 4.56. The molecule has 0 aliphatic carbocycles. The lowest BCUT2D eigenvalue weighted by Gasteiger charge is -2.21. The first-order chi connectivity index (χ1) is 9.33. The van der Waals surface area contributed by atoms with Gasteiger partial charge in [-0.15, -0.1) is 18.2 Å². The van der Waals surface area contributed by atoms with E-state index in [1.807, 2.05) is 12.1 Å². The van der Waals surface area contributed by atoms with E-state index in [1.54, 1.807) is 17.8 Å². The number of anilines is 1. The van der Waals surface area contributed by atoms with Gasteiger partial charge in [-0.2, -0.15) is 0 Å². The molecule has 19 heavy (non-hydrogen) atoms. The van der Waals surface area contributed by atoms with Crippen LogP contribution in [0, 0.1) is 12.3 Å². The van der Waals surface area contributed by atoms with Crippen molar-refractivity contribution in [2.24, 2.45) is 0 Å². The van der Waals surface area contributed by atoms with Crippen molar-refractivity contribution >= 4 is 23.4 Å². The summed E-state index contributed by atoms with van der Waals surface area (Å²) in [5, 5.41) is 6.08. The van der Waals surface area contributed by atoms with Crippen molar-refractivity contribution in [1.29, 1.82) is 0 Å². The maximum absolute atomic E-state index is 12.1. The summed E-state index contributed by atoms with van der Waals surface area (Å²) in [6, 6.07) is 5.53. The van der Waals surface area contributed by atoms with Crippen LogP contribution in [0.3, 0.4) is 0 Å². The molecule has 0 atom stereocenters. The highest BCUT2D eigenvalue weighted by atomic mass is 32.2. The highest BCUT2D eigenvalue weighted by Gasteiger charge is 2.18. The van der Waals surface area contributed by atoms with Crippen LogP contribution in [0.5, 0.6) is 5.75 Å². The van der Waals surface area contributed by atoms with Crippen molar-refractivity contribution in [1.82, 2.24) is 5.32 Å². The summed E-state index contributed by atoms with van der Waals surface area (Å²) in [6.45, 7) is 1.94. The molecule has 1 heterocycles. The number of hydrogen-bond donors (Lipinski definition) is 2. The molecule has 0 saturated carbocycles. The molecular formula is C14H16N2O2S. The van der Waals surface area contributed by atoms with Gasteiger partial charge in [0, 0.05) is 18.8 Å². The fourth-order valence-electron chi connectivity index (χ4n) is 1.81. The number of carbonyl (C=O) groups is 1. The van der Waals surface area contributed by atoms with Crippen molar-refractivity contribution < 1.29 is 9.53 Å². The summed E-state index contributed by atoms with van der Waals surface area (Å²) < 4.78 is 5.57. The second kappa shape index (κ2) is 6.95. The van der Waals surface area contributed by atoms with E-state index in [1.165, 1.54) is 0 Å². The number of fused-ring (bicyclic) bond motifs is 1. The van der Waals surface area contributed by atoms with E-state index in [4.69, 9.17) is 11.2 Å². The molecule has 0 radical (unpaired) electrons. The second-order valence-electron chi connectivity index (χ2n) is 3.97. The third kappa shape index (κ3) is 3.58. The van der Waals surface area contributed by atoms with Crippen molar-refractivity contribution in [3.63, 3.8) is 0 Å². The average Bonchev–Trinajstić information content (AvgIpc) is 2.46. The van der Waals surface area contributed by atoms with Gasteiger partial charge in [-0.25, -0.2) is 0 Å². The van der Waals surface area contributed by atoms with Crippen LogP contribution in [0.15, 0.2) is 18.2 Å². The molecule has 0 aromatic heterocycles. The lowest BCUT2D eigenvalue weighted by molar-refractivity contribution is 0.0952. The molecule has 1 aliphatic heterocycles. The molecule has 2 N–H and O–H groups in total. The zero-order valence-electron chi connectivity index (χ0n) is 10.6. The number of benzene rings is 1. The van der Waals surface area contributed by atoms with E-state index in [2.05, 4.69) is 16.6 Å². The van der Waals surface area contributed by atoms with Gasteiger partial charge in [0.05, 0.1) is 17.0 Å². The number of rotatable bonds is 5. The number of carbonyl (C=O) groups excluding carboxylic acids is 1. The number of nitrogens with one attached hydrogen (secondary N) is 2. The standard InChI is InChI=1S/C14H16N2O2S/c1-2-9-19-10-7-16-14(17)11-4-3-5-12-13(11)18-8-6-15-12/h1,3-5,15H,6-10H2,(H,16,17). The molecule has 1 amide bonds. The number of amides is 1. The Bertz CT molecular complexity index is 497. The number of ether oxygens (including phenoxy) is 1. The zero-order valence-corrected chi connectivity index (χ0v) is 11.4. The van der Waals surface area contributed by atoms with E-state index in [-0.39, 0.29) is 5.91 Å². The van der Waals surface area contributed by atoms with Gasteiger partial charge in [-0.3, -0.25) is 4.79 Å². The summed E-state index contributed by atoms with van der Waals surface area (Å²) >= 11 is 1.62. The number of hydrogen-bond acceptors (Lipinski definition) is 4. The largest absolute Gasteiger partial charge is 0.489 e. The molecular weight excluding hydrogens is 260 g/mol. The Morgan fingerprint density at radius 2 is 2.47 bits per heavy atom. The third-order valence-electron chi connectivity index (χ3n) is 2.64. The van der Waals surface area contributed by atoms with Crippen LogP contribution < -0.4 is 15.4 Å². The summed E-state index contributed by atoms with van der Waals surface area (Å²) in [6.07, 6.45) is 5.16. The van der Waals surface area contributed by atoms with Crippen LogP contribution in [0.25, 0.3) is 0 Å². The SMILES string of the molecule is C#CCSCCNC(=O)c1cccc2c1OCCN2. The van der Waals surface area contributed by atoms with Gasteiger partial charge in [0.15, 0.2) is 5.75 Å². The monoisotopic (exact) mass is 276 g/mol. The fourth-order valence-corrected chi connectivity index (χ4v) is 2.32. The van der Waals surface area contributed by atoms with Gasteiger partial charge < -0.3 is 15.4 Å². The Morgan fingerprint density at radius 1 is 1.58 bits per heavy atom. The summed E-state index contributed by atoms with van der Waals surface area (Å²) in [7, 11) is 0. The molecule has 0 spiro atoms. The predicted octanol–water partition coefficient (Wildman–Crippen LogP) is 1.59. The topological polar surface area (TPSA) is 50.4 Å². The highest BCUT2D eigenvalue weighted by Crippen LogP contribution is 2.30. The molecule has 5 heteroatoms. The Labute approximate surface area is 117 Å². The van der Waals surface area contributed by atoms with E-state index in [0.717, 1.165) is 18.0 Å². The highest BCUT2D eigenvalue weighted by molar-refractivity contribution is 7.99. The first kappa shape index (κ1) is 13.6. The van der Waals surface area contributed by atoms with E-state index in [9.17, 15) is 4.79 Å². The molecule has 4 nitrogen and oxygen atoms in total. The maximum Gasteiger partial charge on any atom is 0.255 e. The van der Waals surface area contributed by atoms with Crippen molar-refractivity contribution in [3.05, 3.63) is 23.8 Å². The average molecular weight is 276 g/mol. The zero-order chi connectivity index (χ0) is 13.5. The van der Waals surface area contributed by atoms with Gasteiger partial charge in [-0.1, -0.05) is 12.0 Å². The second-order valence-corrected chi connectivity index (χ2v) is 5.08. The van der Waals surface area contributed by atoms with Crippen LogP contribution in [-0.2, 0) is 0 Å². The van der Waals surface area contributed by atoms with Crippen LogP contribution in [0.2, 0.25) is 0 Å². The molecule has 0 unspecified atom stereocenters. The molecule has 0 fully saturated rings. The minimum atomic E-state index is -0.109. The molecule has 1 aromatic carbocycles. The predicted molar refractivity (Wildman–Crippen MR) is 78.9 cm³/mol. The van der Waals surface area contributed by atoms with Gasteiger partial charge in [0.1, 0.15) is 6.61 Å². The van der Waals surface area contributed by atoms with Gasteiger partial charge in [0.2, 0.25) is 0 Å². The minimum Gasteiger partial charge on any atom is -0.489 e. The maximum atomic E-state index is 12.1. The van der Waals surface area contributed by atoms with Crippen LogP contribution in [0.4, 0.5) is 5.69 Å². The molecule has 2 rings (SSSR count). The Morgan fingerprint density at radius 3 is 3.32 bits per heavy atom. The smallest absolute Gasteiger partial charge is 0.255 e. The minimum absolute atomic E-state index is 0.109. The molecule has 1 aliphatic rings. The van der Waals surface area contributed by atoms with E-state index in [0.29, 0.717) is 30.2 Å². The van der Waals surface area contributed by atoms with Crippen molar-refractivity contribution in [3.8, 4) is 18.1 Å². The van der Waals surface area contributed by atoms with Crippen molar-refractivity contribution in [2.45, 2.75) is 0 Å². The Hall–Kier alpha value is -1.80. The van der Waals surface area contributed by atoms with Gasteiger partial charge >= 0.3 is 0 Å². The number of para-hydroxylation sites is 1. The number of thioether (sulfide) groups is 1. The van der Waals surface area contributed by atoms with Crippen LogP contribution in [-0.4, -0.2) is 37.1 Å². The molecule has 0 saturated heterocycles. The third-order valence-corrected chi connectivity index (χ3v) is 3.50. The lowest BCUT2D eigenvalue weighted by Crippen LogP contribution is -2.28. The molecule has 0 bridgehead atoms. The van der Waals surface area contributed by atoms with Crippen LogP contribution in [0.1, 0.15) is 10.4 Å². The lowest BCUT2D eigenvalue weighted by atomic mass is 10.1. The van der Waals surface area contributed by atoms with E-state index < -0.39 is 0 Å². The number of terminal acetylenes is 1. The van der Waals surface area contributed by atoms with Gasteiger partial charge in [-0.05, 0) is 12.1 Å². The molecule has 1 aromatic rings. The van der Waals surface area contributed by atoms with Crippen molar-refractivity contribution in [2.75, 3.05) is 36.5 Å². The van der Waals surface area contributed by atoms with E-state index >= 15 is 0 Å². The van der Waals surface area contributed by atoms with Crippen LogP contribution >= 0.6 is 11.8 Å². The van der Waals surface area contributed by atoms with Gasteiger partial charge in [0.25, 0.3) is 5.91 Å².